The summed E-state index contributed by atoms with van der Waals surface area (Å²) in [5.41, 5.74) is 0.542. The van der Waals surface area contributed by atoms with Gasteiger partial charge in [0.2, 0.25) is 0 Å². The molecule has 2 N–H and O–H groups in total. The van der Waals surface area contributed by atoms with Crippen LogP contribution >= 0.6 is 24.0 Å². The molecule has 2 aromatic rings. The Bertz CT molecular complexity index is 1030. The van der Waals surface area contributed by atoms with Crippen LogP contribution in [0.25, 0.3) is 6.08 Å². The molecular weight excluding hydrogens is 474 g/mol. The zero-order valence-corrected chi connectivity index (χ0v) is 20.3. The van der Waals surface area contributed by atoms with Crippen LogP contribution in [0.5, 0.6) is 0 Å². The maximum absolute atomic E-state index is 12.9. The molecule has 0 radical (unpaired) electrons. The van der Waals surface area contributed by atoms with Gasteiger partial charge >= 0.3 is 0 Å². The van der Waals surface area contributed by atoms with E-state index in [1.807, 2.05) is 6.07 Å². The minimum atomic E-state index is -0.408. The second-order valence-electron chi connectivity index (χ2n) is 7.85. The molecule has 2 aliphatic rings. The molecule has 1 aromatic heterocycles. The van der Waals surface area contributed by atoms with Crippen molar-refractivity contribution < 1.29 is 23.5 Å². The van der Waals surface area contributed by atoms with Gasteiger partial charge in [-0.15, -0.1) is 0 Å². The molecular formula is C24H27N3O5S2. The predicted octanol–water partition coefficient (Wildman–Crippen LogP) is 3.05. The van der Waals surface area contributed by atoms with E-state index in [4.69, 9.17) is 26.1 Å². The van der Waals surface area contributed by atoms with E-state index < -0.39 is 5.91 Å². The molecule has 1 aromatic carbocycles. The van der Waals surface area contributed by atoms with Crippen molar-refractivity contribution in [2.24, 2.45) is 0 Å². The first-order valence-corrected chi connectivity index (χ1v) is 12.4. The summed E-state index contributed by atoms with van der Waals surface area (Å²) < 4.78 is 17.5. The topological polar surface area (TPSA) is 93.0 Å². The maximum Gasteiger partial charge on any atom is 0.268 e. The Morgan fingerprint density at radius 3 is 2.65 bits per heavy atom. The summed E-state index contributed by atoms with van der Waals surface area (Å²) in [6.07, 6.45) is 3.39. The van der Waals surface area contributed by atoms with Crippen molar-refractivity contribution in [2.45, 2.75) is 24.0 Å². The number of hydrogen-bond donors (Lipinski definition) is 2. The van der Waals surface area contributed by atoms with E-state index in [9.17, 15) is 9.59 Å². The Morgan fingerprint density at radius 2 is 1.91 bits per heavy atom. The van der Waals surface area contributed by atoms with Gasteiger partial charge in [0.15, 0.2) is 5.09 Å². The molecule has 0 aliphatic carbocycles. The molecule has 0 bridgehead atoms. The number of nitrogens with one attached hydrogen (secondary N) is 2. The number of carbonyl (C=O) groups is 2. The van der Waals surface area contributed by atoms with E-state index in [1.165, 1.54) is 17.8 Å². The van der Waals surface area contributed by atoms with Gasteiger partial charge in [0.25, 0.3) is 11.8 Å². The first-order valence-electron chi connectivity index (χ1n) is 11.2. The summed E-state index contributed by atoms with van der Waals surface area (Å²) in [4.78, 5) is 27.7. The van der Waals surface area contributed by atoms with Gasteiger partial charge in [-0.1, -0.05) is 30.4 Å². The Balaban J connectivity index is 1.45. The highest BCUT2D eigenvalue weighted by atomic mass is 32.2. The normalized spacial score (nSPS) is 18.5. The first-order chi connectivity index (χ1) is 16.6. The number of hydrogen-bond acceptors (Lipinski definition) is 7. The van der Waals surface area contributed by atoms with Crippen LogP contribution in [0, 0.1) is 0 Å². The van der Waals surface area contributed by atoms with E-state index in [1.54, 1.807) is 36.4 Å². The monoisotopic (exact) mass is 501 g/mol. The third-order valence-corrected chi connectivity index (χ3v) is 6.75. The summed E-state index contributed by atoms with van der Waals surface area (Å²) in [6, 6.07) is 12.3. The Morgan fingerprint density at radius 1 is 1.12 bits per heavy atom. The predicted molar refractivity (Wildman–Crippen MR) is 133 cm³/mol. The van der Waals surface area contributed by atoms with Crippen molar-refractivity contribution in [2.75, 3.05) is 39.5 Å². The Kier molecular flexibility index (Phi) is 8.75. The fraction of sp³-hybridized carbons (Fsp3) is 0.375. The van der Waals surface area contributed by atoms with Crippen LogP contribution in [0.3, 0.4) is 0 Å². The number of carbonyl (C=O) groups excluding carboxylic acids is 2. The van der Waals surface area contributed by atoms with Crippen molar-refractivity contribution >= 4 is 46.2 Å². The highest BCUT2D eigenvalue weighted by molar-refractivity contribution is 8.22. The van der Waals surface area contributed by atoms with Crippen LogP contribution in [0.1, 0.15) is 29.0 Å². The van der Waals surface area contributed by atoms with Gasteiger partial charge in [0.05, 0.1) is 19.3 Å². The van der Waals surface area contributed by atoms with Crippen LogP contribution in [0.15, 0.2) is 57.7 Å². The smallest absolute Gasteiger partial charge is 0.268 e. The highest BCUT2D eigenvalue weighted by Crippen LogP contribution is 2.25. The molecule has 4 rings (SSSR count). The minimum Gasteiger partial charge on any atom is -0.450 e. The number of morpholine rings is 1. The number of rotatable bonds is 7. The third-order valence-electron chi connectivity index (χ3n) is 5.39. The van der Waals surface area contributed by atoms with E-state index in [2.05, 4.69) is 15.5 Å². The largest absolute Gasteiger partial charge is 0.450 e. The van der Waals surface area contributed by atoms with Crippen molar-refractivity contribution in [1.29, 1.82) is 0 Å². The van der Waals surface area contributed by atoms with Gasteiger partial charge in [-0.2, -0.15) is 0 Å². The van der Waals surface area contributed by atoms with Crippen molar-refractivity contribution in [3.05, 3.63) is 59.5 Å². The van der Waals surface area contributed by atoms with Gasteiger partial charge < -0.3 is 29.4 Å². The van der Waals surface area contributed by atoms with Crippen LogP contribution in [0.2, 0.25) is 0 Å². The summed E-state index contributed by atoms with van der Waals surface area (Å²) >= 11 is 6.86. The number of furan rings is 1. The molecule has 3 heterocycles. The molecule has 0 unspecified atom stereocenters. The van der Waals surface area contributed by atoms with E-state index in [0.717, 1.165) is 25.9 Å². The molecule has 0 spiro atoms. The average molecular weight is 502 g/mol. The lowest BCUT2D eigenvalue weighted by atomic mass is 10.2. The van der Waals surface area contributed by atoms with Gasteiger partial charge in [-0.3, -0.25) is 9.59 Å². The number of thiocarbonyl (C=S) groups is 1. The second kappa shape index (κ2) is 12.2. The lowest BCUT2D eigenvalue weighted by Crippen LogP contribution is -2.38. The summed E-state index contributed by atoms with van der Waals surface area (Å²) in [5, 5.41) is 6.17. The molecule has 2 fully saturated rings. The lowest BCUT2D eigenvalue weighted by molar-refractivity contribution is -0.118. The van der Waals surface area contributed by atoms with Gasteiger partial charge in [0.1, 0.15) is 15.8 Å². The molecule has 10 heteroatoms. The highest BCUT2D eigenvalue weighted by Gasteiger charge is 2.20. The standard InChI is InChI=1S/C24H27N3O5S2/c28-22(17-5-2-1-3-6-17)26-20(23(29)25-16-19-7-4-12-31-19)15-18-8-9-21(32-18)34-24(33)27-10-13-30-14-11-27/h1-3,5-6,8-9,15,19H,4,7,10-14,16H2,(H,25,29)(H,26,28)/b20-15+/t19-/m0/s1. The van der Waals surface area contributed by atoms with E-state index in [-0.39, 0.29) is 17.7 Å². The van der Waals surface area contributed by atoms with E-state index in [0.29, 0.717) is 47.1 Å². The fourth-order valence-electron chi connectivity index (χ4n) is 3.56. The van der Waals surface area contributed by atoms with Gasteiger partial charge in [0, 0.05) is 37.9 Å². The number of benzene rings is 1. The number of ether oxygens (including phenoxy) is 2. The van der Waals surface area contributed by atoms with Crippen molar-refractivity contribution in [3.63, 3.8) is 0 Å². The summed E-state index contributed by atoms with van der Waals surface area (Å²) in [6.45, 7) is 3.88. The van der Waals surface area contributed by atoms with Crippen molar-refractivity contribution in [3.8, 4) is 0 Å². The Hall–Kier alpha value is -2.66. The fourth-order valence-corrected chi connectivity index (χ4v) is 4.74. The molecule has 2 aliphatic heterocycles. The third kappa shape index (κ3) is 6.92. The number of thioether (sulfide) groups is 1. The van der Waals surface area contributed by atoms with Crippen molar-refractivity contribution in [1.82, 2.24) is 15.5 Å². The SMILES string of the molecule is O=C(NC[C@@H]1CCCO1)/C(=C\c1ccc(SC(=S)N2CCOCC2)o1)NC(=O)c1ccccc1. The summed E-state index contributed by atoms with van der Waals surface area (Å²) in [5.74, 6) is -0.356. The number of nitrogens with zero attached hydrogens (tertiary/aromatic N) is 1. The van der Waals surface area contributed by atoms with Crippen LogP contribution in [-0.4, -0.2) is 66.6 Å². The molecule has 2 saturated heterocycles. The molecule has 34 heavy (non-hydrogen) atoms. The zero-order chi connectivity index (χ0) is 23.8. The lowest BCUT2D eigenvalue weighted by Gasteiger charge is -2.28. The van der Waals surface area contributed by atoms with Gasteiger partial charge in [-0.05, 0) is 48.9 Å². The molecule has 8 nitrogen and oxygen atoms in total. The molecule has 1 atom stereocenters. The molecule has 0 saturated carbocycles. The maximum atomic E-state index is 12.9. The quantitative estimate of drug-likeness (QED) is 0.340. The van der Waals surface area contributed by atoms with Crippen LogP contribution < -0.4 is 10.6 Å². The zero-order valence-electron chi connectivity index (χ0n) is 18.7. The molecule has 180 valence electrons. The Labute approximate surface area is 208 Å². The van der Waals surface area contributed by atoms with Crippen LogP contribution in [0.4, 0.5) is 0 Å². The average Bonchev–Trinajstić information content (AvgIpc) is 3.55. The van der Waals surface area contributed by atoms with E-state index >= 15 is 0 Å². The summed E-state index contributed by atoms with van der Waals surface area (Å²) in [7, 11) is 0. The second-order valence-corrected chi connectivity index (χ2v) is 9.49. The van der Waals surface area contributed by atoms with Gasteiger partial charge in [-0.25, -0.2) is 0 Å². The first kappa shape index (κ1) is 24.5. The minimum absolute atomic E-state index is 0.0113. The van der Waals surface area contributed by atoms with Crippen LogP contribution in [-0.2, 0) is 14.3 Å². The molecule has 2 amide bonds. The number of amides is 2.